The topological polar surface area (TPSA) is 39.9 Å². The Morgan fingerprint density at radius 3 is 3.00 bits per heavy atom. The molecule has 2 heterocycles. The van der Waals surface area contributed by atoms with Crippen molar-refractivity contribution in [2.45, 2.75) is 0 Å². The molecule has 0 saturated carbocycles. The fraction of sp³-hybridized carbons (Fsp3) is 0.143. The molecule has 13 heavy (non-hydrogen) atoms. The van der Waals surface area contributed by atoms with Crippen LogP contribution in [-0.2, 0) is 0 Å². The van der Waals surface area contributed by atoms with Crippen LogP contribution >= 0.6 is 27.3 Å². The minimum absolute atomic E-state index is 0.728. The van der Waals surface area contributed by atoms with Gasteiger partial charge in [-0.05, 0) is 15.9 Å². The Labute approximate surface area is 87.3 Å². The number of thiazole rings is 1. The largest absolute Gasteiger partial charge is 0.493 e. The van der Waals surface area contributed by atoms with Crippen molar-refractivity contribution in [2.75, 3.05) is 7.11 Å². The van der Waals surface area contributed by atoms with Crippen molar-refractivity contribution in [3.8, 4) is 10.9 Å². The van der Waals surface area contributed by atoms with Crippen LogP contribution < -0.4 is 4.74 Å². The monoisotopic (exact) mass is 259 g/mol. The summed E-state index contributed by atoms with van der Waals surface area (Å²) >= 11 is 4.79. The van der Waals surface area contributed by atoms with Crippen molar-refractivity contribution >= 4 is 27.3 Å². The number of methoxy groups -OCH3 is 1. The first-order valence-corrected chi connectivity index (χ1v) is 5.17. The van der Waals surface area contributed by atoms with Crippen molar-refractivity contribution in [3.05, 3.63) is 22.4 Å². The van der Waals surface area contributed by atoms with Gasteiger partial charge in [-0.25, -0.2) is 9.67 Å². The predicted molar refractivity (Wildman–Crippen MR) is 53.5 cm³/mol. The van der Waals surface area contributed by atoms with Crippen LogP contribution in [0, 0.1) is 0 Å². The number of halogens is 1. The zero-order chi connectivity index (χ0) is 9.26. The molecule has 68 valence electrons. The van der Waals surface area contributed by atoms with Gasteiger partial charge in [-0.15, -0.1) is 11.3 Å². The Kier molecular flexibility index (Phi) is 2.32. The van der Waals surface area contributed by atoms with Crippen LogP contribution in [0.3, 0.4) is 0 Å². The van der Waals surface area contributed by atoms with E-state index in [1.807, 2.05) is 5.38 Å². The third-order valence-corrected chi connectivity index (χ3v) is 2.99. The maximum Gasteiger partial charge on any atom is 0.211 e. The van der Waals surface area contributed by atoms with E-state index in [0.717, 1.165) is 15.5 Å². The molecule has 2 aromatic heterocycles. The molecule has 0 fully saturated rings. The minimum Gasteiger partial charge on any atom is -0.493 e. The molecule has 2 aromatic rings. The van der Waals surface area contributed by atoms with E-state index in [-0.39, 0.29) is 0 Å². The lowest BCUT2D eigenvalue weighted by molar-refractivity contribution is 0.414. The molecule has 0 aliphatic heterocycles. The molecule has 0 aliphatic carbocycles. The summed E-state index contributed by atoms with van der Waals surface area (Å²) in [6.45, 7) is 0. The van der Waals surface area contributed by atoms with Gasteiger partial charge in [-0.3, -0.25) is 0 Å². The Morgan fingerprint density at radius 1 is 1.62 bits per heavy atom. The van der Waals surface area contributed by atoms with Gasteiger partial charge < -0.3 is 4.74 Å². The van der Waals surface area contributed by atoms with Crippen molar-refractivity contribution < 1.29 is 4.74 Å². The zero-order valence-electron chi connectivity index (χ0n) is 6.77. The van der Waals surface area contributed by atoms with Crippen molar-refractivity contribution in [3.63, 3.8) is 0 Å². The highest BCUT2D eigenvalue weighted by molar-refractivity contribution is 9.10. The van der Waals surface area contributed by atoms with Crippen LogP contribution in [0.1, 0.15) is 0 Å². The standard InChI is InChI=1S/C7H6BrN3OS/c1-12-5-2-9-11(3-5)7-10-6(8)4-13-7/h2-4H,1H3. The lowest BCUT2D eigenvalue weighted by Gasteiger charge is -1.92. The second kappa shape index (κ2) is 3.47. The zero-order valence-corrected chi connectivity index (χ0v) is 9.17. The number of rotatable bonds is 2. The lowest BCUT2D eigenvalue weighted by Crippen LogP contribution is -1.92. The smallest absolute Gasteiger partial charge is 0.211 e. The van der Waals surface area contributed by atoms with Crippen molar-refractivity contribution in [2.24, 2.45) is 0 Å². The average molecular weight is 260 g/mol. The Balaban J connectivity index is 2.35. The van der Waals surface area contributed by atoms with Gasteiger partial charge in [-0.2, -0.15) is 5.10 Å². The van der Waals surface area contributed by atoms with Gasteiger partial charge in [0.25, 0.3) is 0 Å². The molecule has 0 bridgehead atoms. The van der Waals surface area contributed by atoms with E-state index in [2.05, 4.69) is 26.0 Å². The molecule has 0 N–H and O–H groups in total. The number of aromatic nitrogens is 3. The highest BCUT2D eigenvalue weighted by Gasteiger charge is 2.04. The second-order valence-corrected chi connectivity index (χ2v) is 3.93. The van der Waals surface area contributed by atoms with Crippen LogP contribution in [0.25, 0.3) is 5.13 Å². The predicted octanol–water partition coefficient (Wildman–Crippen LogP) is 2.10. The fourth-order valence-electron chi connectivity index (χ4n) is 0.867. The molecular formula is C7H6BrN3OS. The molecule has 0 radical (unpaired) electrons. The van der Waals surface area contributed by atoms with Crippen molar-refractivity contribution in [1.82, 2.24) is 14.8 Å². The molecule has 2 rings (SSSR count). The molecule has 6 heteroatoms. The Bertz CT molecular complexity index is 411. The Morgan fingerprint density at radius 2 is 2.46 bits per heavy atom. The quantitative estimate of drug-likeness (QED) is 0.830. The van der Waals surface area contributed by atoms with Crippen LogP contribution in [0.5, 0.6) is 5.75 Å². The summed E-state index contributed by atoms with van der Waals surface area (Å²) in [7, 11) is 1.61. The minimum atomic E-state index is 0.728. The van der Waals surface area contributed by atoms with Gasteiger partial charge in [0.1, 0.15) is 4.60 Å². The number of hydrogen-bond donors (Lipinski definition) is 0. The molecule has 0 aliphatic rings. The van der Waals surface area contributed by atoms with Crippen LogP contribution in [0.2, 0.25) is 0 Å². The van der Waals surface area contributed by atoms with E-state index in [9.17, 15) is 0 Å². The number of nitrogens with zero attached hydrogens (tertiary/aromatic N) is 3. The third-order valence-electron chi connectivity index (χ3n) is 1.45. The Hall–Kier alpha value is -0.880. The first kappa shape index (κ1) is 8.71. The molecule has 0 saturated heterocycles. The summed E-state index contributed by atoms with van der Waals surface area (Å²) in [5.74, 6) is 0.728. The van der Waals surface area contributed by atoms with Gasteiger partial charge in [-0.1, -0.05) is 0 Å². The lowest BCUT2D eigenvalue weighted by atomic mass is 10.7. The molecule has 0 unspecified atom stereocenters. The van der Waals surface area contributed by atoms with E-state index in [0.29, 0.717) is 0 Å². The first-order chi connectivity index (χ1) is 6.29. The number of ether oxygens (including phenoxy) is 1. The summed E-state index contributed by atoms with van der Waals surface area (Å²) in [4.78, 5) is 4.21. The highest BCUT2D eigenvalue weighted by Crippen LogP contribution is 2.19. The summed E-state index contributed by atoms with van der Waals surface area (Å²) in [5, 5.41) is 6.81. The molecular weight excluding hydrogens is 254 g/mol. The summed E-state index contributed by atoms with van der Waals surface area (Å²) in [5.41, 5.74) is 0. The number of hydrogen-bond acceptors (Lipinski definition) is 4. The SMILES string of the molecule is COc1cnn(-c2nc(Br)cs2)c1. The van der Waals surface area contributed by atoms with E-state index < -0.39 is 0 Å². The molecule has 4 nitrogen and oxygen atoms in total. The molecule has 0 atom stereocenters. The molecule has 0 spiro atoms. The normalized spacial score (nSPS) is 10.3. The van der Waals surface area contributed by atoms with E-state index in [1.54, 1.807) is 24.2 Å². The van der Waals surface area contributed by atoms with Gasteiger partial charge in [0.2, 0.25) is 5.13 Å². The third kappa shape index (κ3) is 1.73. The van der Waals surface area contributed by atoms with Crippen LogP contribution in [0.4, 0.5) is 0 Å². The fourth-order valence-corrected chi connectivity index (χ4v) is 2.05. The maximum atomic E-state index is 5.00. The first-order valence-electron chi connectivity index (χ1n) is 3.49. The highest BCUT2D eigenvalue weighted by atomic mass is 79.9. The molecule has 0 amide bonds. The summed E-state index contributed by atoms with van der Waals surface area (Å²) < 4.78 is 7.50. The van der Waals surface area contributed by atoms with Gasteiger partial charge in [0.15, 0.2) is 5.75 Å². The summed E-state index contributed by atoms with van der Waals surface area (Å²) in [6.07, 6.45) is 3.43. The van der Waals surface area contributed by atoms with E-state index in [1.165, 1.54) is 11.3 Å². The second-order valence-electron chi connectivity index (χ2n) is 2.28. The molecule has 0 aromatic carbocycles. The van der Waals surface area contributed by atoms with E-state index >= 15 is 0 Å². The summed E-state index contributed by atoms with van der Waals surface area (Å²) in [6, 6.07) is 0. The van der Waals surface area contributed by atoms with Crippen LogP contribution in [-0.4, -0.2) is 21.9 Å². The van der Waals surface area contributed by atoms with E-state index in [4.69, 9.17) is 4.74 Å². The maximum absolute atomic E-state index is 5.00. The van der Waals surface area contributed by atoms with Gasteiger partial charge in [0, 0.05) is 5.38 Å². The van der Waals surface area contributed by atoms with Gasteiger partial charge in [0.05, 0.1) is 19.5 Å². The average Bonchev–Trinajstić information content (AvgIpc) is 2.71. The van der Waals surface area contributed by atoms with Crippen LogP contribution in [0.15, 0.2) is 22.4 Å². The van der Waals surface area contributed by atoms with Gasteiger partial charge >= 0.3 is 0 Å². The van der Waals surface area contributed by atoms with Crippen molar-refractivity contribution in [1.29, 1.82) is 0 Å².